The minimum atomic E-state index is -2.75. The molecular weight excluding hydrogens is 276 g/mol. The maximum atomic E-state index is 12.7. The number of carbonyl (C=O) groups is 2. The lowest BCUT2D eigenvalue weighted by Gasteiger charge is -2.58. The number of fused-ring (bicyclic) bond motifs is 5. The first kappa shape index (κ1) is 10.7. The van der Waals surface area contributed by atoms with Gasteiger partial charge in [-0.3, -0.25) is 9.59 Å². The van der Waals surface area contributed by atoms with Gasteiger partial charge in [-0.1, -0.05) is 19.4 Å². The highest BCUT2D eigenvalue weighted by Gasteiger charge is 2.61. The van der Waals surface area contributed by atoms with E-state index in [0.29, 0.717) is 25.7 Å². The van der Waals surface area contributed by atoms with Crippen LogP contribution >= 0.6 is 0 Å². The molecule has 1 N–H and O–H groups in total. The van der Waals surface area contributed by atoms with Crippen LogP contribution in [0, 0.1) is 28.6 Å². The molecule has 0 aromatic rings. The molecule has 0 spiro atoms. The van der Waals surface area contributed by atoms with Gasteiger partial charge in [-0.2, -0.15) is 0 Å². The number of carbonyl (C=O) groups excluding carboxylic acids is 2. The van der Waals surface area contributed by atoms with Crippen molar-refractivity contribution in [2.75, 3.05) is 0 Å². The molecule has 3 nitrogen and oxygen atoms in total. The second kappa shape index (κ2) is 4.53. The van der Waals surface area contributed by atoms with Crippen molar-refractivity contribution in [2.24, 2.45) is 28.6 Å². The summed E-state index contributed by atoms with van der Waals surface area (Å²) in [7, 11) is 0. The molecule has 4 aliphatic carbocycles. The van der Waals surface area contributed by atoms with Crippen LogP contribution in [0.5, 0.6) is 0 Å². The second-order valence-electron chi connectivity index (χ2n) is 7.77. The van der Waals surface area contributed by atoms with E-state index in [0.717, 1.165) is 5.57 Å². The van der Waals surface area contributed by atoms with Gasteiger partial charge in [0.15, 0.2) is 5.78 Å². The van der Waals surface area contributed by atoms with Crippen LogP contribution in [0.1, 0.15) is 64.2 Å². The number of rotatable bonds is 0. The van der Waals surface area contributed by atoms with Gasteiger partial charge in [0.1, 0.15) is 5.78 Å². The third kappa shape index (κ3) is 1.72. The van der Waals surface area contributed by atoms with Crippen molar-refractivity contribution in [3.63, 3.8) is 0 Å². The minimum absolute atomic E-state index is 0.00672. The van der Waals surface area contributed by atoms with Gasteiger partial charge in [0, 0.05) is 22.4 Å². The van der Waals surface area contributed by atoms with E-state index in [1.165, 1.54) is 0 Å². The fraction of sp³-hybridized carbons (Fsp3) is 0.789. The van der Waals surface area contributed by atoms with Crippen molar-refractivity contribution in [2.45, 2.75) is 64.8 Å². The van der Waals surface area contributed by atoms with Crippen LogP contribution in [-0.4, -0.2) is 22.8 Å². The van der Waals surface area contributed by atoms with Gasteiger partial charge in [-0.25, -0.2) is 0 Å². The maximum Gasteiger partial charge on any atom is 0.155 e. The first-order valence-corrected chi connectivity index (χ1v) is 8.35. The fourth-order valence-corrected chi connectivity index (χ4v) is 5.44. The maximum absolute atomic E-state index is 12.7. The van der Waals surface area contributed by atoms with Crippen molar-refractivity contribution < 1.29 is 20.2 Å². The van der Waals surface area contributed by atoms with Gasteiger partial charge >= 0.3 is 0 Å². The van der Waals surface area contributed by atoms with Crippen LogP contribution in [0.25, 0.3) is 0 Å². The van der Waals surface area contributed by atoms with Crippen molar-refractivity contribution in [1.82, 2.24) is 0 Å². The molecule has 0 saturated heterocycles. The normalized spacial score (nSPS) is 62.6. The molecule has 6 atom stereocenters. The molecule has 0 aromatic heterocycles. The quantitative estimate of drug-likeness (QED) is 0.748. The van der Waals surface area contributed by atoms with E-state index in [-0.39, 0.29) is 30.3 Å². The smallest absolute Gasteiger partial charge is 0.155 e. The van der Waals surface area contributed by atoms with Crippen LogP contribution in [0.3, 0.4) is 0 Å². The molecule has 0 bridgehead atoms. The average Bonchev–Trinajstić information content (AvgIpc) is 2.86. The first-order valence-electron chi connectivity index (χ1n) is 10.4. The topological polar surface area (TPSA) is 54.4 Å². The van der Waals surface area contributed by atoms with E-state index >= 15 is 0 Å². The monoisotopic (exact) mass is 306 g/mol. The molecule has 0 aromatic carbocycles. The predicted molar refractivity (Wildman–Crippen MR) is 83.1 cm³/mol. The summed E-state index contributed by atoms with van der Waals surface area (Å²) >= 11 is 0. The highest BCUT2D eigenvalue weighted by atomic mass is 16.3. The van der Waals surface area contributed by atoms with Crippen LogP contribution in [0.4, 0.5) is 0 Å². The van der Waals surface area contributed by atoms with E-state index in [9.17, 15) is 16.1 Å². The summed E-state index contributed by atoms with van der Waals surface area (Å²) in [6.45, 7) is 3.35. The Morgan fingerprint density at radius 3 is 2.77 bits per heavy atom. The zero-order chi connectivity index (χ0) is 19.3. The van der Waals surface area contributed by atoms with E-state index in [4.69, 9.17) is 4.11 Å². The summed E-state index contributed by atoms with van der Waals surface area (Å²) in [6.07, 6.45) is -1.30. The summed E-state index contributed by atoms with van der Waals surface area (Å²) in [6, 6.07) is 0. The molecule has 3 fully saturated rings. The molecule has 0 radical (unpaired) electrons. The molecule has 3 saturated carbocycles. The third-order valence-electron chi connectivity index (χ3n) is 6.73. The van der Waals surface area contributed by atoms with E-state index in [1.54, 1.807) is 19.9 Å². The highest BCUT2D eigenvalue weighted by molar-refractivity contribution is 5.91. The van der Waals surface area contributed by atoms with Gasteiger partial charge in [-0.15, -0.1) is 0 Å². The van der Waals surface area contributed by atoms with Crippen LogP contribution in [0.2, 0.25) is 0 Å². The number of aliphatic hydroxyl groups is 1. The van der Waals surface area contributed by atoms with Crippen LogP contribution in [-0.2, 0) is 9.59 Å². The zero-order valence-electron chi connectivity index (χ0n) is 17.2. The number of ketones is 2. The number of allylic oxidation sites excluding steroid dienone is 1. The fourth-order valence-electron chi connectivity index (χ4n) is 5.44. The van der Waals surface area contributed by atoms with Crippen molar-refractivity contribution in [3.05, 3.63) is 11.6 Å². The lowest BCUT2D eigenvalue weighted by atomic mass is 9.46. The summed E-state index contributed by atoms with van der Waals surface area (Å²) < 4.78 is 35.5. The van der Waals surface area contributed by atoms with Crippen LogP contribution in [0.15, 0.2) is 11.6 Å². The minimum Gasteiger partial charge on any atom is -0.393 e. The highest BCUT2D eigenvalue weighted by Crippen LogP contribution is 2.64. The van der Waals surface area contributed by atoms with Gasteiger partial charge in [0.2, 0.25) is 0 Å². The lowest BCUT2D eigenvalue weighted by molar-refractivity contribution is -0.147. The Balaban J connectivity index is 1.98. The molecule has 4 aliphatic rings. The molecule has 0 amide bonds. The SMILES string of the molecule is [2H]C1([2H])[C@]([2H])(O)[C@@]2([2H])[C@@H](CCC3=CC(=O)CC[C@@]32C)[C@@H]2CCC(=O)[C@]21C. The van der Waals surface area contributed by atoms with Crippen LogP contribution < -0.4 is 0 Å². The summed E-state index contributed by atoms with van der Waals surface area (Å²) in [5.41, 5.74) is -1.63. The molecule has 0 aliphatic heterocycles. The Hall–Kier alpha value is -0.960. The van der Waals surface area contributed by atoms with E-state index in [1.807, 2.05) is 0 Å². The van der Waals surface area contributed by atoms with Gasteiger partial charge in [0.05, 0.1) is 7.45 Å². The number of hydrogen-bond donors (Lipinski definition) is 1. The zero-order valence-corrected chi connectivity index (χ0v) is 13.2. The van der Waals surface area contributed by atoms with Crippen molar-refractivity contribution in [3.8, 4) is 0 Å². The van der Waals surface area contributed by atoms with E-state index in [2.05, 4.69) is 0 Å². The molecule has 4 rings (SSSR count). The third-order valence-corrected chi connectivity index (χ3v) is 6.73. The molecule has 0 unspecified atom stereocenters. The Kier molecular flexibility index (Phi) is 2.21. The number of hydrogen-bond acceptors (Lipinski definition) is 3. The lowest BCUT2D eigenvalue weighted by Crippen LogP contribution is -2.56. The van der Waals surface area contributed by atoms with Crippen molar-refractivity contribution in [1.29, 1.82) is 0 Å². The molecule has 3 heteroatoms. The Bertz CT molecular complexity index is 745. The Labute approximate surface area is 137 Å². The van der Waals surface area contributed by atoms with Gasteiger partial charge < -0.3 is 5.11 Å². The Morgan fingerprint density at radius 2 is 2.00 bits per heavy atom. The van der Waals surface area contributed by atoms with Gasteiger partial charge in [0.25, 0.3) is 0 Å². The van der Waals surface area contributed by atoms with Crippen molar-refractivity contribution >= 4 is 11.6 Å². The summed E-state index contributed by atoms with van der Waals surface area (Å²) in [4.78, 5) is 24.6. The first-order chi connectivity index (χ1) is 11.9. The summed E-state index contributed by atoms with van der Waals surface area (Å²) in [5, 5.41) is 11.3. The average molecular weight is 306 g/mol. The molecule has 22 heavy (non-hydrogen) atoms. The second-order valence-corrected chi connectivity index (χ2v) is 7.77. The molecule has 120 valence electrons. The molecular formula is C19H26O3. The summed E-state index contributed by atoms with van der Waals surface area (Å²) in [5.74, 6) is -2.86. The largest absolute Gasteiger partial charge is 0.393 e. The number of Topliss-reactive ketones (excluding diaryl/α,β-unsaturated/α-hetero) is 1. The van der Waals surface area contributed by atoms with Gasteiger partial charge in [-0.05, 0) is 61.3 Å². The molecule has 0 heterocycles. The Morgan fingerprint density at radius 1 is 1.23 bits per heavy atom. The standard InChI is InChI=1S/C19H26O3/c1-18-8-7-12(20)9-11(18)3-4-13-14-5-6-16(22)19(14,2)10-15(21)17(13)18/h9,13-15,17,21H,3-8,10H2,1-2H3/t13-,14-,15-,17+,18-,19-/m0/s1/i10D2,15D,17D. The predicted octanol–water partition coefficient (Wildman–Crippen LogP) is 3.06. The van der Waals surface area contributed by atoms with E-state index < -0.39 is 35.1 Å².